The van der Waals surface area contributed by atoms with Crippen LogP contribution in [0.25, 0.3) is 0 Å². The Labute approximate surface area is 200 Å². The predicted octanol–water partition coefficient (Wildman–Crippen LogP) is 7.52. The van der Waals surface area contributed by atoms with E-state index in [0.29, 0.717) is 17.6 Å². The number of hydrogen-bond donors (Lipinski definition) is 1. The topological polar surface area (TPSA) is 50.4 Å². The summed E-state index contributed by atoms with van der Waals surface area (Å²) in [7, 11) is 0. The largest absolute Gasteiger partial charge is 0.461 e. The molecule has 2 saturated carbocycles. The third-order valence-electron chi connectivity index (χ3n) is 11.8. The van der Waals surface area contributed by atoms with E-state index in [-0.39, 0.29) is 39.5 Å². The van der Waals surface area contributed by atoms with Gasteiger partial charge in [-0.2, -0.15) is 0 Å². The van der Waals surface area contributed by atoms with Crippen molar-refractivity contribution in [3.05, 3.63) is 34.8 Å². The fourth-order valence-corrected chi connectivity index (χ4v) is 9.49. The molecular formula is C30H44O3. The first-order valence-electron chi connectivity index (χ1n) is 13.4. The van der Waals surface area contributed by atoms with Crippen LogP contribution < -0.4 is 0 Å². The van der Waals surface area contributed by atoms with E-state index in [4.69, 9.17) is 4.42 Å². The summed E-state index contributed by atoms with van der Waals surface area (Å²) in [5.74, 6) is 1.64. The second-order valence-electron chi connectivity index (χ2n) is 13.4. The Bertz CT molecular complexity index is 998. The average Bonchev–Trinajstić information content (AvgIpc) is 3.31. The molecule has 0 saturated heterocycles. The Hall–Kier alpha value is -1.35. The van der Waals surface area contributed by atoms with Crippen LogP contribution in [0.3, 0.4) is 0 Å². The number of carbonyl (C=O) groups is 1. The lowest BCUT2D eigenvalue weighted by atomic mass is 9.43. The fraction of sp³-hybridized carbons (Fsp3) is 0.767. The molecule has 0 amide bonds. The van der Waals surface area contributed by atoms with Crippen molar-refractivity contribution in [3.8, 4) is 0 Å². The van der Waals surface area contributed by atoms with Crippen LogP contribution in [0.15, 0.2) is 27.9 Å². The van der Waals surface area contributed by atoms with Crippen molar-refractivity contribution < 1.29 is 14.3 Å². The normalized spacial score (nSPS) is 43.0. The van der Waals surface area contributed by atoms with Crippen molar-refractivity contribution in [2.75, 3.05) is 0 Å². The highest BCUT2D eigenvalue weighted by Crippen LogP contribution is 2.72. The summed E-state index contributed by atoms with van der Waals surface area (Å²) in [4.78, 5) is 13.4. The van der Waals surface area contributed by atoms with Crippen LogP contribution in [0.4, 0.5) is 0 Å². The number of aliphatic hydroxyl groups excluding tert-OH is 1. The van der Waals surface area contributed by atoms with Crippen LogP contribution in [-0.2, 0) is 0 Å². The van der Waals surface area contributed by atoms with Gasteiger partial charge in [-0.25, -0.2) is 0 Å². The molecule has 3 heteroatoms. The van der Waals surface area contributed by atoms with Crippen molar-refractivity contribution in [3.63, 3.8) is 0 Å². The van der Waals surface area contributed by atoms with Crippen molar-refractivity contribution in [2.24, 2.45) is 39.4 Å². The lowest BCUT2D eigenvalue weighted by molar-refractivity contribution is -0.0960. The molecule has 0 spiro atoms. The molecule has 0 bridgehead atoms. The molecule has 0 radical (unpaired) electrons. The first-order chi connectivity index (χ1) is 15.4. The van der Waals surface area contributed by atoms with E-state index >= 15 is 0 Å². The van der Waals surface area contributed by atoms with Gasteiger partial charge in [0.1, 0.15) is 0 Å². The molecule has 1 aromatic rings. The van der Waals surface area contributed by atoms with E-state index in [0.717, 1.165) is 31.2 Å². The zero-order valence-electron chi connectivity index (χ0n) is 21.9. The van der Waals surface area contributed by atoms with Crippen LogP contribution in [0.2, 0.25) is 0 Å². The zero-order valence-corrected chi connectivity index (χ0v) is 21.9. The third-order valence-corrected chi connectivity index (χ3v) is 11.8. The SMILES string of the molecule is Cc1coc(C(=O)C(C)C2CCC3(C)C4=C(CCC23C)C2(C)CCC(O)C(C)(C)C2CC4)c1. The molecule has 1 N–H and O–H groups in total. The molecule has 0 aromatic carbocycles. The molecule has 1 aromatic heterocycles. The number of furan rings is 1. The standard InChI is InChI=1S/C30H44O3/c1-18-16-23(33-17-18)26(32)19(2)20-10-14-30(7)22-8-9-24-27(3,4)25(31)12-13-28(24,5)21(22)11-15-29(20,30)6/h16-17,19-20,24-25,31H,8-15H2,1-7H3. The Morgan fingerprint density at radius 2 is 1.76 bits per heavy atom. The number of Topliss-reactive ketones (excluding diaryl/α,β-unsaturated/α-hetero) is 1. The van der Waals surface area contributed by atoms with E-state index in [1.54, 1.807) is 17.4 Å². The number of rotatable bonds is 3. The third kappa shape index (κ3) is 3.00. The number of carbonyl (C=O) groups excluding carboxylic acids is 1. The van der Waals surface area contributed by atoms with Gasteiger partial charge >= 0.3 is 0 Å². The minimum atomic E-state index is -0.185. The minimum Gasteiger partial charge on any atom is -0.461 e. The molecule has 7 unspecified atom stereocenters. The van der Waals surface area contributed by atoms with Crippen LogP contribution in [-0.4, -0.2) is 17.0 Å². The van der Waals surface area contributed by atoms with Crippen LogP contribution in [0.1, 0.15) is 109 Å². The van der Waals surface area contributed by atoms with Crippen LogP contribution in [0.5, 0.6) is 0 Å². The summed E-state index contributed by atoms with van der Waals surface area (Å²) in [6.45, 7) is 16.3. The minimum absolute atomic E-state index is 0.0137. The van der Waals surface area contributed by atoms with Gasteiger partial charge in [0.25, 0.3) is 0 Å². The number of fused-ring (bicyclic) bond motifs is 4. The van der Waals surface area contributed by atoms with Crippen molar-refractivity contribution >= 4 is 5.78 Å². The number of hydrogen-bond acceptors (Lipinski definition) is 3. The fourth-order valence-electron chi connectivity index (χ4n) is 9.49. The van der Waals surface area contributed by atoms with Crippen molar-refractivity contribution in [1.29, 1.82) is 0 Å². The van der Waals surface area contributed by atoms with E-state index in [2.05, 4.69) is 41.5 Å². The second-order valence-corrected chi connectivity index (χ2v) is 13.4. The summed E-state index contributed by atoms with van der Waals surface area (Å²) in [5.41, 5.74) is 5.01. The van der Waals surface area contributed by atoms with Crippen molar-refractivity contribution in [1.82, 2.24) is 0 Å². The van der Waals surface area contributed by atoms with Crippen LogP contribution in [0, 0.1) is 46.3 Å². The molecular weight excluding hydrogens is 408 g/mol. The van der Waals surface area contributed by atoms with E-state index in [1.807, 2.05) is 13.0 Å². The van der Waals surface area contributed by atoms with Gasteiger partial charge < -0.3 is 9.52 Å². The van der Waals surface area contributed by atoms with E-state index < -0.39 is 0 Å². The molecule has 5 rings (SSSR count). The summed E-state index contributed by atoms with van der Waals surface area (Å²) in [6.07, 6.45) is 10.6. The van der Waals surface area contributed by atoms with Gasteiger partial charge in [-0.05, 0) is 103 Å². The molecule has 7 atom stereocenters. The van der Waals surface area contributed by atoms with Gasteiger partial charge in [0.05, 0.1) is 12.4 Å². The number of ketones is 1. The Morgan fingerprint density at radius 3 is 2.42 bits per heavy atom. The summed E-state index contributed by atoms with van der Waals surface area (Å²) >= 11 is 0. The maximum atomic E-state index is 13.4. The molecule has 1 heterocycles. The van der Waals surface area contributed by atoms with Crippen molar-refractivity contribution in [2.45, 2.75) is 106 Å². The van der Waals surface area contributed by atoms with Gasteiger partial charge in [-0.1, -0.05) is 52.7 Å². The first kappa shape index (κ1) is 23.4. The average molecular weight is 453 g/mol. The lowest BCUT2D eigenvalue weighted by Crippen LogP contribution is -2.55. The quantitative estimate of drug-likeness (QED) is 0.381. The molecule has 2 fully saturated rings. The van der Waals surface area contributed by atoms with Gasteiger partial charge in [0.15, 0.2) is 5.76 Å². The van der Waals surface area contributed by atoms with Crippen LogP contribution >= 0.6 is 0 Å². The Balaban J connectivity index is 1.50. The molecule has 4 aliphatic rings. The smallest absolute Gasteiger partial charge is 0.201 e. The molecule has 4 aliphatic carbocycles. The highest BCUT2D eigenvalue weighted by Gasteiger charge is 2.63. The molecule has 3 nitrogen and oxygen atoms in total. The summed E-state index contributed by atoms with van der Waals surface area (Å²) in [6, 6.07) is 1.90. The molecule has 0 aliphatic heterocycles. The second kappa shape index (κ2) is 7.33. The Kier molecular flexibility index (Phi) is 5.19. The maximum absolute atomic E-state index is 13.4. The number of aliphatic hydroxyl groups is 1. The van der Waals surface area contributed by atoms with Gasteiger partial charge in [0, 0.05) is 5.92 Å². The van der Waals surface area contributed by atoms with E-state index in [9.17, 15) is 9.90 Å². The van der Waals surface area contributed by atoms with Gasteiger partial charge in [0.2, 0.25) is 5.78 Å². The predicted molar refractivity (Wildman–Crippen MR) is 132 cm³/mol. The highest BCUT2D eigenvalue weighted by molar-refractivity contribution is 5.95. The molecule has 33 heavy (non-hydrogen) atoms. The highest BCUT2D eigenvalue weighted by atomic mass is 16.3. The Morgan fingerprint density at radius 1 is 1.03 bits per heavy atom. The maximum Gasteiger partial charge on any atom is 0.201 e. The van der Waals surface area contributed by atoms with E-state index in [1.165, 1.54) is 25.7 Å². The summed E-state index contributed by atoms with van der Waals surface area (Å²) < 4.78 is 5.61. The lowest BCUT2D eigenvalue weighted by Gasteiger charge is -2.62. The molecule has 182 valence electrons. The zero-order chi connectivity index (χ0) is 24.0. The monoisotopic (exact) mass is 452 g/mol. The number of allylic oxidation sites excluding steroid dienone is 2. The van der Waals surface area contributed by atoms with Gasteiger partial charge in [-0.15, -0.1) is 0 Å². The first-order valence-corrected chi connectivity index (χ1v) is 13.4. The van der Waals surface area contributed by atoms with Gasteiger partial charge in [-0.3, -0.25) is 4.79 Å². The summed E-state index contributed by atoms with van der Waals surface area (Å²) in [5, 5.41) is 10.8. The number of aryl methyl sites for hydroxylation is 1.